The largest absolute Gasteiger partial charge is 0.488 e. The van der Waals surface area contributed by atoms with Crippen molar-refractivity contribution in [2.45, 2.75) is 32.4 Å². The lowest BCUT2D eigenvalue weighted by Gasteiger charge is -2.22. The van der Waals surface area contributed by atoms with Gasteiger partial charge in [0.25, 0.3) is 0 Å². The molecule has 1 aliphatic heterocycles. The Balaban J connectivity index is 1.88. The highest BCUT2D eigenvalue weighted by Crippen LogP contribution is 2.34. The number of halogens is 1. The Morgan fingerprint density at radius 1 is 1.20 bits per heavy atom. The highest BCUT2D eigenvalue weighted by molar-refractivity contribution is 6.31. The van der Waals surface area contributed by atoms with Crippen LogP contribution in [0.5, 0.6) is 5.75 Å². The van der Waals surface area contributed by atoms with Gasteiger partial charge in [-0.25, -0.2) is 0 Å². The van der Waals surface area contributed by atoms with Gasteiger partial charge >= 0.3 is 0 Å². The van der Waals surface area contributed by atoms with E-state index < -0.39 is 0 Å². The van der Waals surface area contributed by atoms with Crippen molar-refractivity contribution in [3.05, 3.63) is 63.7 Å². The molecule has 104 valence electrons. The fraction of sp³-hybridized carbons (Fsp3) is 0.294. The monoisotopic (exact) mass is 287 g/mol. The van der Waals surface area contributed by atoms with Gasteiger partial charge in [0.2, 0.25) is 0 Å². The van der Waals surface area contributed by atoms with E-state index in [4.69, 9.17) is 22.1 Å². The zero-order valence-corrected chi connectivity index (χ0v) is 12.4. The zero-order valence-electron chi connectivity index (χ0n) is 11.7. The second-order valence-corrected chi connectivity index (χ2v) is 5.86. The van der Waals surface area contributed by atoms with Crippen molar-refractivity contribution >= 4 is 11.6 Å². The maximum atomic E-state index is 6.43. The summed E-state index contributed by atoms with van der Waals surface area (Å²) in [6.07, 6.45) is 0.852. The third-order valence-corrected chi connectivity index (χ3v) is 4.39. The minimum Gasteiger partial charge on any atom is -0.488 e. The van der Waals surface area contributed by atoms with Crippen LogP contribution in [0, 0.1) is 13.8 Å². The summed E-state index contributed by atoms with van der Waals surface area (Å²) in [6, 6.07) is 12.0. The summed E-state index contributed by atoms with van der Waals surface area (Å²) in [4.78, 5) is 0. The lowest BCUT2D eigenvalue weighted by molar-refractivity contribution is 0.199. The molecule has 2 unspecified atom stereocenters. The van der Waals surface area contributed by atoms with Crippen LogP contribution in [0.1, 0.15) is 28.3 Å². The van der Waals surface area contributed by atoms with Crippen LogP contribution < -0.4 is 10.5 Å². The normalized spacial score (nSPS) is 18.5. The van der Waals surface area contributed by atoms with E-state index in [0.29, 0.717) is 0 Å². The van der Waals surface area contributed by atoms with Gasteiger partial charge in [-0.1, -0.05) is 35.9 Å². The number of ether oxygens (including phenoxy) is 1. The summed E-state index contributed by atoms with van der Waals surface area (Å²) in [6.45, 7) is 4.05. The van der Waals surface area contributed by atoms with Gasteiger partial charge in [0.05, 0.1) is 6.04 Å². The maximum Gasteiger partial charge on any atom is 0.123 e. The summed E-state index contributed by atoms with van der Waals surface area (Å²) >= 11 is 6.15. The number of fused-ring (bicyclic) bond motifs is 1. The van der Waals surface area contributed by atoms with E-state index in [1.54, 1.807) is 0 Å². The van der Waals surface area contributed by atoms with Crippen LogP contribution in [0.3, 0.4) is 0 Å². The van der Waals surface area contributed by atoms with Crippen LogP contribution >= 0.6 is 11.6 Å². The second kappa shape index (κ2) is 5.12. The molecule has 20 heavy (non-hydrogen) atoms. The quantitative estimate of drug-likeness (QED) is 0.907. The lowest BCUT2D eigenvalue weighted by Crippen LogP contribution is -2.30. The molecule has 0 spiro atoms. The molecule has 2 atom stereocenters. The molecule has 2 N–H and O–H groups in total. The average Bonchev–Trinajstić information content (AvgIpc) is 2.86. The molecule has 1 heterocycles. The number of para-hydroxylation sites is 1. The maximum absolute atomic E-state index is 6.43. The number of hydrogen-bond acceptors (Lipinski definition) is 2. The first-order chi connectivity index (χ1) is 9.56. The Morgan fingerprint density at radius 2 is 1.95 bits per heavy atom. The molecule has 2 aromatic rings. The summed E-state index contributed by atoms with van der Waals surface area (Å²) in [5, 5.41) is 0.786. The molecule has 3 heteroatoms. The number of aryl methyl sites for hydroxylation is 2. The first-order valence-corrected chi connectivity index (χ1v) is 7.21. The lowest BCUT2D eigenvalue weighted by atomic mass is 9.94. The fourth-order valence-corrected chi connectivity index (χ4v) is 2.99. The van der Waals surface area contributed by atoms with E-state index in [1.807, 2.05) is 38.1 Å². The van der Waals surface area contributed by atoms with E-state index in [0.717, 1.165) is 33.9 Å². The van der Waals surface area contributed by atoms with Gasteiger partial charge in [-0.3, -0.25) is 0 Å². The van der Waals surface area contributed by atoms with E-state index in [9.17, 15) is 0 Å². The predicted octanol–water partition coefficient (Wildman–Crippen LogP) is 3.96. The van der Waals surface area contributed by atoms with Crippen LogP contribution in [-0.2, 0) is 6.42 Å². The third kappa shape index (κ3) is 2.30. The van der Waals surface area contributed by atoms with E-state index in [-0.39, 0.29) is 12.1 Å². The topological polar surface area (TPSA) is 35.2 Å². The SMILES string of the molecule is Cc1cc(C(N)C2Cc3ccccc3O2)c(C)cc1Cl. The first-order valence-electron chi connectivity index (χ1n) is 6.83. The Kier molecular flexibility index (Phi) is 3.45. The van der Waals surface area contributed by atoms with Gasteiger partial charge in [0.15, 0.2) is 0 Å². The molecule has 0 aromatic heterocycles. The zero-order chi connectivity index (χ0) is 14.3. The van der Waals surface area contributed by atoms with E-state index in [2.05, 4.69) is 12.1 Å². The molecule has 2 aromatic carbocycles. The molecule has 0 fully saturated rings. The van der Waals surface area contributed by atoms with Crippen LogP contribution in [-0.4, -0.2) is 6.10 Å². The number of rotatable bonds is 2. The van der Waals surface area contributed by atoms with Crippen molar-refractivity contribution in [2.24, 2.45) is 5.73 Å². The van der Waals surface area contributed by atoms with Crippen molar-refractivity contribution in [3.63, 3.8) is 0 Å². The molecule has 3 rings (SSSR count). The average molecular weight is 288 g/mol. The summed E-state index contributed by atoms with van der Waals surface area (Å²) < 4.78 is 5.99. The highest BCUT2D eigenvalue weighted by Gasteiger charge is 2.29. The van der Waals surface area contributed by atoms with Crippen molar-refractivity contribution in [2.75, 3.05) is 0 Å². The Morgan fingerprint density at radius 3 is 2.70 bits per heavy atom. The molecule has 0 aliphatic carbocycles. The van der Waals surface area contributed by atoms with Crippen molar-refractivity contribution in [1.29, 1.82) is 0 Å². The molecular formula is C17H18ClNO. The molecule has 0 bridgehead atoms. The molecule has 0 amide bonds. The van der Waals surface area contributed by atoms with Crippen molar-refractivity contribution in [3.8, 4) is 5.75 Å². The van der Waals surface area contributed by atoms with Gasteiger partial charge in [-0.2, -0.15) is 0 Å². The summed E-state index contributed by atoms with van der Waals surface area (Å²) in [7, 11) is 0. The van der Waals surface area contributed by atoms with Gasteiger partial charge in [-0.15, -0.1) is 0 Å². The van der Waals surface area contributed by atoms with Crippen molar-refractivity contribution < 1.29 is 4.74 Å². The molecular weight excluding hydrogens is 270 g/mol. The molecule has 0 saturated heterocycles. The standard InChI is InChI=1S/C17H18ClNO/c1-10-8-14(18)11(2)7-13(10)17(19)16-9-12-5-3-4-6-15(12)20-16/h3-8,16-17H,9,19H2,1-2H3. The van der Waals surface area contributed by atoms with Crippen LogP contribution in [0.4, 0.5) is 0 Å². The van der Waals surface area contributed by atoms with Crippen molar-refractivity contribution in [1.82, 2.24) is 0 Å². The first kappa shape index (κ1) is 13.5. The molecule has 0 radical (unpaired) electrons. The Labute approximate surface area is 124 Å². The second-order valence-electron chi connectivity index (χ2n) is 5.45. The fourth-order valence-electron chi connectivity index (χ4n) is 2.77. The van der Waals surface area contributed by atoms with Crippen LogP contribution in [0.15, 0.2) is 36.4 Å². The van der Waals surface area contributed by atoms with Gasteiger partial charge in [0.1, 0.15) is 11.9 Å². The molecule has 2 nitrogen and oxygen atoms in total. The van der Waals surface area contributed by atoms with Gasteiger partial charge < -0.3 is 10.5 Å². The van der Waals surface area contributed by atoms with Crippen LogP contribution in [0.25, 0.3) is 0 Å². The number of nitrogens with two attached hydrogens (primary N) is 1. The third-order valence-electron chi connectivity index (χ3n) is 3.98. The van der Waals surface area contributed by atoms with E-state index >= 15 is 0 Å². The summed E-state index contributed by atoms with van der Waals surface area (Å²) in [5.74, 6) is 0.955. The smallest absolute Gasteiger partial charge is 0.123 e. The predicted molar refractivity (Wildman–Crippen MR) is 82.4 cm³/mol. The molecule has 0 saturated carbocycles. The minimum absolute atomic E-state index is 0.00771. The number of hydrogen-bond donors (Lipinski definition) is 1. The van der Waals surface area contributed by atoms with E-state index in [1.165, 1.54) is 5.56 Å². The molecule has 1 aliphatic rings. The Bertz CT molecular complexity index is 628. The summed E-state index contributed by atoms with van der Waals surface area (Å²) in [5.41, 5.74) is 11.0. The van der Waals surface area contributed by atoms with Gasteiger partial charge in [0, 0.05) is 11.4 Å². The minimum atomic E-state index is -0.140. The Hall–Kier alpha value is -1.51. The van der Waals surface area contributed by atoms with Crippen LogP contribution in [0.2, 0.25) is 5.02 Å². The van der Waals surface area contributed by atoms with Gasteiger partial charge in [-0.05, 0) is 48.2 Å². The number of benzene rings is 2. The highest BCUT2D eigenvalue weighted by atomic mass is 35.5.